The largest absolute Gasteiger partial charge is 0.394 e. The minimum atomic E-state index is -1.74. The minimum absolute atomic E-state index is 0.0989. The Balaban J connectivity index is 1.49. The molecular weight excluding hydrogens is 428 g/mol. The van der Waals surface area contributed by atoms with Crippen LogP contribution in [0.4, 0.5) is 5.69 Å². The fourth-order valence-corrected chi connectivity index (χ4v) is 4.87. The van der Waals surface area contributed by atoms with E-state index in [1.165, 1.54) is 4.90 Å². The Morgan fingerprint density at radius 1 is 1.28 bits per heavy atom. The molecule has 2 aliphatic heterocycles. The molecule has 7 heteroatoms. The van der Waals surface area contributed by atoms with E-state index in [9.17, 15) is 19.8 Å². The number of anilines is 1. The number of rotatable bonds is 5. The van der Waals surface area contributed by atoms with Crippen LogP contribution in [0, 0.1) is 5.92 Å². The van der Waals surface area contributed by atoms with Crippen molar-refractivity contribution >= 4 is 29.1 Å². The number of hydrogen-bond acceptors (Lipinski definition) is 4. The number of amides is 2. The SMILES string of the molecule is C[C@@H](/C=C/CC(=O)N1Cc2ccccc2C[C@H]1CO)[C@]1(O)C(=O)N(C)c2ccc(Cl)cc21. The van der Waals surface area contributed by atoms with Gasteiger partial charge < -0.3 is 20.0 Å². The molecule has 0 aromatic heterocycles. The molecule has 32 heavy (non-hydrogen) atoms. The molecule has 0 unspecified atom stereocenters. The van der Waals surface area contributed by atoms with Crippen molar-refractivity contribution in [3.63, 3.8) is 0 Å². The highest BCUT2D eigenvalue weighted by atomic mass is 35.5. The summed E-state index contributed by atoms with van der Waals surface area (Å²) >= 11 is 6.12. The van der Waals surface area contributed by atoms with Crippen LogP contribution in [-0.4, -0.2) is 46.6 Å². The van der Waals surface area contributed by atoms with Crippen molar-refractivity contribution in [3.8, 4) is 0 Å². The van der Waals surface area contributed by atoms with Crippen LogP contribution in [0.3, 0.4) is 0 Å². The van der Waals surface area contributed by atoms with Crippen LogP contribution in [0.1, 0.15) is 30.0 Å². The van der Waals surface area contributed by atoms with Gasteiger partial charge in [-0.25, -0.2) is 0 Å². The van der Waals surface area contributed by atoms with Gasteiger partial charge in [-0.15, -0.1) is 0 Å². The molecular formula is C25H27ClN2O4. The Hall–Kier alpha value is -2.67. The van der Waals surface area contributed by atoms with Crippen LogP contribution in [-0.2, 0) is 28.2 Å². The molecule has 0 fully saturated rings. The zero-order chi connectivity index (χ0) is 23.0. The van der Waals surface area contributed by atoms with Crippen molar-refractivity contribution in [2.24, 2.45) is 5.92 Å². The number of hydrogen-bond donors (Lipinski definition) is 2. The molecule has 2 heterocycles. The summed E-state index contributed by atoms with van der Waals surface area (Å²) in [7, 11) is 1.62. The third kappa shape index (κ3) is 3.72. The molecule has 2 amide bonds. The molecule has 2 aliphatic rings. The predicted octanol–water partition coefficient (Wildman–Crippen LogP) is 3.03. The Labute approximate surface area is 192 Å². The highest BCUT2D eigenvalue weighted by Crippen LogP contribution is 2.45. The second kappa shape index (κ2) is 8.70. The summed E-state index contributed by atoms with van der Waals surface area (Å²) in [4.78, 5) is 28.9. The molecule has 0 spiro atoms. The Morgan fingerprint density at radius 2 is 2.00 bits per heavy atom. The molecule has 0 radical (unpaired) electrons. The number of likely N-dealkylation sites (N-methyl/N-ethyl adjacent to an activating group) is 1. The third-order valence-corrected chi connectivity index (χ3v) is 6.86. The first-order valence-electron chi connectivity index (χ1n) is 10.7. The maximum atomic E-state index is 12.9. The molecule has 2 aromatic rings. The lowest BCUT2D eigenvalue weighted by Crippen LogP contribution is -2.46. The van der Waals surface area contributed by atoms with Gasteiger partial charge in [0.15, 0.2) is 5.60 Å². The number of carbonyl (C=O) groups is 2. The Bertz CT molecular complexity index is 1090. The fraction of sp³-hybridized carbons (Fsp3) is 0.360. The zero-order valence-electron chi connectivity index (χ0n) is 18.2. The van der Waals surface area contributed by atoms with Gasteiger partial charge in [0.2, 0.25) is 5.91 Å². The average Bonchev–Trinajstić information content (AvgIpc) is 2.99. The summed E-state index contributed by atoms with van der Waals surface area (Å²) in [6, 6.07) is 12.7. The molecule has 0 aliphatic carbocycles. The van der Waals surface area contributed by atoms with Crippen molar-refractivity contribution in [2.45, 2.75) is 38.0 Å². The van der Waals surface area contributed by atoms with Crippen LogP contribution in [0.15, 0.2) is 54.6 Å². The van der Waals surface area contributed by atoms with Gasteiger partial charge >= 0.3 is 0 Å². The molecule has 0 saturated heterocycles. The quantitative estimate of drug-likeness (QED) is 0.680. The van der Waals surface area contributed by atoms with E-state index in [1.54, 1.807) is 49.2 Å². The van der Waals surface area contributed by atoms with Crippen molar-refractivity contribution in [1.82, 2.24) is 4.90 Å². The number of aliphatic hydroxyl groups is 2. The second-order valence-corrected chi connectivity index (χ2v) is 8.98. The van der Waals surface area contributed by atoms with Gasteiger partial charge in [-0.2, -0.15) is 0 Å². The van der Waals surface area contributed by atoms with Gasteiger partial charge in [0.05, 0.1) is 18.3 Å². The van der Waals surface area contributed by atoms with Gasteiger partial charge in [-0.3, -0.25) is 9.59 Å². The monoisotopic (exact) mass is 454 g/mol. The lowest BCUT2D eigenvalue weighted by Gasteiger charge is -2.36. The number of carbonyl (C=O) groups excluding carboxylic acids is 2. The highest BCUT2D eigenvalue weighted by molar-refractivity contribution is 6.31. The number of fused-ring (bicyclic) bond motifs is 2. The standard InChI is InChI=1S/C25H27ClN2O4/c1-16(25(32)21-13-19(26)10-11-22(21)27(2)24(25)31)6-5-9-23(30)28-14-18-8-4-3-7-17(18)12-20(28)15-29/h3-8,10-11,13,16,20,29,32H,9,12,14-15H2,1-2H3/b6-5+/t16-,20-,25+/m0/s1. The van der Waals surface area contributed by atoms with Crippen LogP contribution in [0.5, 0.6) is 0 Å². The number of benzene rings is 2. The van der Waals surface area contributed by atoms with Crippen LogP contribution in [0.25, 0.3) is 0 Å². The topological polar surface area (TPSA) is 81.1 Å². The molecule has 2 aromatic carbocycles. The van der Waals surface area contributed by atoms with E-state index >= 15 is 0 Å². The van der Waals surface area contributed by atoms with Gasteiger partial charge in [0, 0.05) is 36.5 Å². The highest BCUT2D eigenvalue weighted by Gasteiger charge is 2.51. The van der Waals surface area contributed by atoms with Gasteiger partial charge in [-0.05, 0) is 35.7 Å². The Kier molecular flexibility index (Phi) is 6.12. The van der Waals surface area contributed by atoms with Crippen molar-refractivity contribution in [2.75, 3.05) is 18.6 Å². The number of aliphatic hydroxyl groups excluding tert-OH is 1. The van der Waals surface area contributed by atoms with E-state index in [0.29, 0.717) is 29.2 Å². The van der Waals surface area contributed by atoms with Gasteiger partial charge in [-0.1, -0.05) is 54.9 Å². The smallest absolute Gasteiger partial charge is 0.264 e. The average molecular weight is 455 g/mol. The molecule has 168 valence electrons. The molecule has 4 rings (SSSR count). The van der Waals surface area contributed by atoms with Gasteiger partial charge in [0.25, 0.3) is 5.91 Å². The first-order valence-corrected chi connectivity index (χ1v) is 11.1. The molecule has 3 atom stereocenters. The van der Waals surface area contributed by atoms with E-state index in [2.05, 4.69) is 0 Å². The van der Waals surface area contributed by atoms with Crippen LogP contribution >= 0.6 is 11.6 Å². The number of halogens is 1. The van der Waals surface area contributed by atoms with Crippen molar-refractivity contribution < 1.29 is 19.8 Å². The summed E-state index contributed by atoms with van der Waals surface area (Å²) in [6.07, 6.45) is 4.13. The summed E-state index contributed by atoms with van der Waals surface area (Å²) in [5, 5.41) is 21.6. The minimum Gasteiger partial charge on any atom is -0.394 e. The van der Waals surface area contributed by atoms with Gasteiger partial charge in [0.1, 0.15) is 0 Å². The fourth-order valence-electron chi connectivity index (χ4n) is 4.70. The summed E-state index contributed by atoms with van der Waals surface area (Å²) < 4.78 is 0. The summed E-state index contributed by atoms with van der Waals surface area (Å²) in [5.41, 5.74) is 1.59. The van der Waals surface area contributed by atoms with E-state index in [4.69, 9.17) is 11.6 Å². The Morgan fingerprint density at radius 3 is 2.72 bits per heavy atom. The first-order chi connectivity index (χ1) is 15.3. The third-order valence-electron chi connectivity index (χ3n) is 6.62. The van der Waals surface area contributed by atoms with Crippen LogP contribution < -0.4 is 4.90 Å². The lowest BCUT2D eigenvalue weighted by atomic mass is 9.83. The number of nitrogens with zero attached hydrogens (tertiary/aromatic N) is 2. The first kappa shape index (κ1) is 22.5. The van der Waals surface area contributed by atoms with Crippen molar-refractivity contribution in [3.05, 3.63) is 76.3 Å². The normalized spacial score (nSPS) is 23.4. The lowest BCUT2D eigenvalue weighted by molar-refractivity contribution is -0.139. The second-order valence-electron chi connectivity index (χ2n) is 8.54. The summed E-state index contributed by atoms with van der Waals surface area (Å²) in [5.74, 6) is -1.10. The maximum absolute atomic E-state index is 12.9. The summed E-state index contributed by atoms with van der Waals surface area (Å²) in [6.45, 7) is 2.11. The van der Waals surface area contributed by atoms with E-state index in [0.717, 1.165) is 11.1 Å². The van der Waals surface area contributed by atoms with Crippen LogP contribution in [0.2, 0.25) is 5.02 Å². The molecule has 6 nitrogen and oxygen atoms in total. The molecule has 2 N–H and O–H groups in total. The maximum Gasteiger partial charge on any atom is 0.264 e. The van der Waals surface area contributed by atoms with E-state index in [-0.39, 0.29) is 25.0 Å². The zero-order valence-corrected chi connectivity index (χ0v) is 18.9. The van der Waals surface area contributed by atoms with E-state index in [1.807, 2.05) is 24.3 Å². The van der Waals surface area contributed by atoms with E-state index < -0.39 is 17.4 Å². The molecule has 0 saturated carbocycles. The van der Waals surface area contributed by atoms with Crippen molar-refractivity contribution in [1.29, 1.82) is 0 Å². The molecule has 0 bridgehead atoms. The predicted molar refractivity (Wildman–Crippen MR) is 123 cm³/mol.